The number of hydrogen-bond acceptors (Lipinski definition) is 7. The number of carbonyl (C=O) groups excluding carboxylic acids is 2. The van der Waals surface area contributed by atoms with Gasteiger partial charge in [-0.25, -0.2) is 23.5 Å². The number of ether oxygens (including phenoxy) is 1. The number of carbonyl (C=O) groups is 2. The molecule has 1 aromatic carbocycles. The molecule has 3 N–H and O–H groups in total. The van der Waals surface area contributed by atoms with Gasteiger partial charge in [-0.2, -0.15) is 13.2 Å². The Hall–Kier alpha value is -4.36. The minimum atomic E-state index is -4.84. The molecule has 4 rings (SSSR count). The standard InChI is InChI=1S/C23H19F5N6O3/c1-12-29-9-14(10-30-12)37-21(36)34-22(5-6-22)20(35)32-11-18-17(25)7-13(8-31-18)33-19-15(23(26,27)28)3-2-4-16(19)24/h2-4,7-10,33H,5-6,11H2,1H3,(H,32,35)(H,34,36). The summed E-state index contributed by atoms with van der Waals surface area (Å²) in [5.74, 6) is -2.17. The van der Waals surface area contributed by atoms with E-state index in [0.717, 1.165) is 24.4 Å². The molecule has 2 aromatic heterocycles. The number of nitrogens with one attached hydrogen (secondary N) is 3. The molecule has 0 atom stereocenters. The number of rotatable bonds is 7. The maximum Gasteiger partial charge on any atom is 0.418 e. The minimum absolute atomic E-state index is 0.0806. The molecule has 1 aliphatic carbocycles. The van der Waals surface area contributed by atoms with Crippen LogP contribution in [0.4, 0.5) is 38.1 Å². The van der Waals surface area contributed by atoms with Gasteiger partial charge in [-0.05, 0) is 31.9 Å². The summed E-state index contributed by atoms with van der Waals surface area (Å²) in [5.41, 5.74) is -3.83. The average molecular weight is 522 g/mol. The van der Waals surface area contributed by atoms with Crippen LogP contribution in [-0.4, -0.2) is 32.5 Å². The first-order valence-electron chi connectivity index (χ1n) is 10.8. The zero-order valence-electron chi connectivity index (χ0n) is 19.1. The lowest BCUT2D eigenvalue weighted by Crippen LogP contribution is -2.49. The van der Waals surface area contributed by atoms with Gasteiger partial charge < -0.3 is 20.7 Å². The van der Waals surface area contributed by atoms with E-state index in [2.05, 4.69) is 30.9 Å². The zero-order chi connectivity index (χ0) is 26.8. The van der Waals surface area contributed by atoms with Gasteiger partial charge in [0.1, 0.15) is 23.0 Å². The van der Waals surface area contributed by atoms with Crippen LogP contribution in [0, 0.1) is 18.6 Å². The van der Waals surface area contributed by atoms with Crippen molar-refractivity contribution in [1.29, 1.82) is 0 Å². The van der Waals surface area contributed by atoms with Crippen molar-refractivity contribution in [1.82, 2.24) is 25.6 Å². The van der Waals surface area contributed by atoms with Gasteiger partial charge in [0.2, 0.25) is 5.91 Å². The highest BCUT2D eigenvalue weighted by Crippen LogP contribution is 2.38. The summed E-state index contributed by atoms with van der Waals surface area (Å²) in [5, 5.41) is 7.12. The Balaban J connectivity index is 1.36. The van der Waals surface area contributed by atoms with Crippen molar-refractivity contribution in [3.05, 3.63) is 71.6 Å². The largest absolute Gasteiger partial charge is 0.418 e. The molecule has 14 heteroatoms. The molecular formula is C23H19F5N6O3. The number of pyridine rings is 1. The molecule has 2 heterocycles. The summed E-state index contributed by atoms with van der Waals surface area (Å²) in [6.07, 6.45) is -1.50. The van der Waals surface area contributed by atoms with Gasteiger partial charge in [0, 0.05) is 6.07 Å². The van der Waals surface area contributed by atoms with Crippen molar-refractivity contribution in [3.63, 3.8) is 0 Å². The van der Waals surface area contributed by atoms with E-state index in [4.69, 9.17) is 4.74 Å². The molecule has 9 nitrogen and oxygen atoms in total. The fourth-order valence-electron chi connectivity index (χ4n) is 3.32. The zero-order valence-corrected chi connectivity index (χ0v) is 19.1. The molecule has 0 spiro atoms. The van der Waals surface area contributed by atoms with Gasteiger partial charge >= 0.3 is 12.3 Å². The Morgan fingerprint density at radius 2 is 1.76 bits per heavy atom. The average Bonchev–Trinajstić information content (AvgIpc) is 3.61. The van der Waals surface area contributed by atoms with Gasteiger partial charge in [0.15, 0.2) is 5.75 Å². The molecule has 194 valence electrons. The third-order valence-electron chi connectivity index (χ3n) is 5.42. The van der Waals surface area contributed by atoms with Crippen LogP contribution in [0.5, 0.6) is 5.75 Å². The van der Waals surface area contributed by atoms with Crippen LogP contribution in [0.25, 0.3) is 0 Å². The topological polar surface area (TPSA) is 118 Å². The van der Waals surface area contributed by atoms with Gasteiger partial charge in [-0.15, -0.1) is 0 Å². The van der Waals surface area contributed by atoms with Gasteiger partial charge in [0.25, 0.3) is 0 Å². The Morgan fingerprint density at radius 1 is 1.05 bits per heavy atom. The van der Waals surface area contributed by atoms with Crippen LogP contribution < -0.4 is 20.7 Å². The van der Waals surface area contributed by atoms with Crippen LogP contribution in [0.15, 0.2) is 42.9 Å². The van der Waals surface area contributed by atoms with Crippen molar-refractivity contribution in [2.45, 2.75) is 38.0 Å². The quantitative estimate of drug-likeness (QED) is 0.399. The summed E-state index contributed by atoms with van der Waals surface area (Å²) in [4.78, 5) is 36.3. The fraction of sp³-hybridized carbons (Fsp3) is 0.261. The molecule has 2 amide bonds. The molecule has 0 radical (unpaired) electrons. The molecule has 0 unspecified atom stereocenters. The van der Waals surface area contributed by atoms with E-state index in [1.165, 1.54) is 12.4 Å². The van der Waals surface area contributed by atoms with E-state index < -0.39 is 46.6 Å². The Morgan fingerprint density at radius 3 is 2.38 bits per heavy atom. The minimum Gasteiger partial charge on any atom is -0.407 e. The van der Waals surface area contributed by atoms with E-state index in [1.807, 2.05) is 0 Å². The number of benzene rings is 1. The summed E-state index contributed by atoms with van der Waals surface area (Å²) in [6.45, 7) is 1.28. The first-order chi connectivity index (χ1) is 17.5. The lowest BCUT2D eigenvalue weighted by Gasteiger charge is -2.17. The molecule has 1 aliphatic rings. The number of halogens is 5. The molecule has 1 fully saturated rings. The SMILES string of the molecule is Cc1ncc(OC(=O)NC2(C(=O)NCc3ncc(Nc4c(F)cccc4C(F)(F)F)cc3F)CC2)cn1. The molecule has 0 bridgehead atoms. The number of nitrogens with zero attached hydrogens (tertiary/aromatic N) is 3. The van der Waals surface area contributed by atoms with E-state index in [0.29, 0.717) is 24.7 Å². The monoisotopic (exact) mass is 522 g/mol. The predicted octanol–water partition coefficient (Wildman–Crippen LogP) is 4.16. The maximum atomic E-state index is 14.6. The van der Waals surface area contributed by atoms with Gasteiger partial charge in [-0.3, -0.25) is 9.78 Å². The second kappa shape index (κ2) is 9.95. The summed E-state index contributed by atoms with van der Waals surface area (Å²) in [6, 6.07) is 3.25. The normalized spacial score (nSPS) is 14.0. The lowest BCUT2D eigenvalue weighted by atomic mass is 10.1. The third kappa shape index (κ3) is 6.08. The number of amides is 2. The highest BCUT2D eigenvalue weighted by Gasteiger charge is 2.51. The molecule has 0 aliphatic heterocycles. The number of hydrogen-bond donors (Lipinski definition) is 3. The lowest BCUT2D eigenvalue weighted by molar-refractivity contribution is -0.137. The summed E-state index contributed by atoms with van der Waals surface area (Å²) >= 11 is 0. The van der Waals surface area contributed by atoms with Gasteiger partial charge in [0.05, 0.1) is 47.8 Å². The Bertz CT molecular complexity index is 1330. The van der Waals surface area contributed by atoms with Crippen molar-refractivity contribution in [2.75, 3.05) is 5.32 Å². The third-order valence-corrected chi connectivity index (χ3v) is 5.42. The van der Waals surface area contributed by atoms with Crippen molar-refractivity contribution in [2.24, 2.45) is 0 Å². The van der Waals surface area contributed by atoms with Crippen LogP contribution in [0.3, 0.4) is 0 Å². The number of anilines is 2. The van der Waals surface area contributed by atoms with E-state index >= 15 is 0 Å². The molecule has 37 heavy (non-hydrogen) atoms. The summed E-state index contributed by atoms with van der Waals surface area (Å²) in [7, 11) is 0. The van der Waals surface area contributed by atoms with E-state index in [9.17, 15) is 31.5 Å². The maximum absolute atomic E-state index is 14.6. The van der Waals surface area contributed by atoms with E-state index in [-0.39, 0.29) is 23.7 Å². The number of alkyl halides is 3. The van der Waals surface area contributed by atoms with Crippen molar-refractivity contribution in [3.8, 4) is 5.75 Å². The molecular weight excluding hydrogens is 503 g/mol. The number of aromatic nitrogens is 3. The second-order valence-corrected chi connectivity index (χ2v) is 8.18. The fourth-order valence-corrected chi connectivity index (χ4v) is 3.32. The first kappa shape index (κ1) is 25.7. The van der Waals surface area contributed by atoms with E-state index in [1.54, 1.807) is 6.92 Å². The smallest absolute Gasteiger partial charge is 0.407 e. The van der Waals surface area contributed by atoms with Crippen LogP contribution in [0.2, 0.25) is 0 Å². The first-order valence-corrected chi connectivity index (χ1v) is 10.8. The number of para-hydroxylation sites is 1. The second-order valence-electron chi connectivity index (χ2n) is 8.18. The molecule has 1 saturated carbocycles. The Kier molecular flexibility index (Phi) is 6.92. The predicted molar refractivity (Wildman–Crippen MR) is 119 cm³/mol. The number of aryl methyl sites for hydroxylation is 1. The highest BCUT2D eigenvalue weighted by molar-refractivity contribution is 5.93. The van der Waals surface area contributed by atoms with Crippen molar-refractivity contribution >= 4 is 23.4 Å². The van der Waals surface area contributed by atoms with Crippen LogP contribution >= 0.6 is 0 Å². The highest BCUT2D eigenvalue weighted by atomic mass is 19.4. The summed E-state index contributed by atoms with van der Waals surface area (Å²) < 4.78 is 73.2. The van der Waals surface area contributed by atoms with Crippen molar-refractivity contribution < 1.29 is 36.3 Å². The van der Waals surface area contributed by atoms with Crippen LogP contribution in [0.1, 0.15) is 29.9 Å². The molecule has 3 aromatic rings. The Labute approximate surface area is 206 Å². The van der Waals surface area contributed by atoms with Gasteiger partial charge in [-0.1, -0.05) is 6.07 Å². The van der Waals surface area contributed by atoms with Crippen LogP contribution in [-0.2, 0) is 17.5 Å². The molecule has 0 saturated heterocycles.